The van der Waals surface area contributed by atoms with Crippen molar-refractivity contribution in [3.05, 3.63) is 71.9 Å². The first-order valence-electron chi connectivity index (χ1n) is 14.4. The van der Waals surface area contributed by atoms with Crippen LogP contribution >= 0.6 is 0 Å². The summed E-state index contributed by atoms with van der Waals surface area (Å²) in [5.74, 6) is 0.148. The number of aromatic nitrogens is 1. The monoisotopic (exact) mass is 512 g/mol. The third kappa shape index (κ3) is 6.24. The molecule has 1 fully saturated rings. The van der Waals surface area contributed by atoms with Crippen molar-refractivity contribution in [3.8, 4) is 0 Å². The normalized spacial score (nSPS) is 18.8. The van der Waals surface area contributed by atoms with Gasteiger partial charge < -0.3 is 9.80 Å². The lowest BCUT2D eigenvalue weighted by Gasteiger charge is -2.39. The van der Waals surface area contributed by atoms with E-state index in [1.807, 2.05) is 52.3 Å². The summed E-state index contributed by atoms with van der Waals surface area (Å²) < 4.78 is 0. The zero-order valence-corrected chi connectivity index (χ0v) is 22.6. The number of pyridine rings is 1. The van der Waals surface area contributed by atoms with Gasteiger partial charge in [0.2, 0.25) is 5.91 Å². The number of hydrogen-bond donors (Lipinski definition) is 0. The fourth-order valence-corrected chi connectivity index (χ4v) is 6.04. The average molecular weight is 513 g/mol. The maximum atomic E-state index is 13.3. The second-order valence-electron chi connectivity index (χ2n) is 10.8. The Bertz CT molecular complexity index is 1250. The topological polar surface area (TPSA) is 56.8 Å². The molecule has 1 saturated heterocycles. The molecule has 2 amide bonds. The number of rotatable bonds is 2. The van der Waals surface area contributed by atoms with Gasteiger partial charge in [0.05, 0.1) is 5.52 Å². The third-order valence-corrected chi connectivity index (χ3v) is 8.20. The second-order valence-corrected chi connectivity index (χ2v) is 10.8. The molecule has 3 heterocycles. The van der Waals surface area contributed by atoms with E-state index in [4.69, 9.17) is 0 Å². The van der Waals surface area contributed by atoms with Crippen LogP contribution in [0.5, 0.6) is 0 Å². The predicted octanol–water partition coefficient (Wildman–Crippen LogP) is 6.05. The number of carbonyl (C=O) groups is 2. The second kappa shape index (κ2) is 12.5. The Kier molecular flexibility index (Phi) is 8.69. The quantitative estimate of drug-likeness (QED) is 0.420. The average Bonchev–Trinajstić information content (AvgIpc) is 2.97. The van der Waals surface area contributed by atoms with E-state index in [1.54, 1.807) is 6.92 Å². The van der Waals surface area contributed by atoms with Crippen molar-refractivity contribution < 1.29 is 9.59 Å². The molecule has 0 unspecified atom stereocenters. The molecule has 2 aliphatic rings. The fourth-order valence-electron chi connectivity index (χ4n) is 6.04. The minimum Gasteiger partial charge on any atom is -0.337 e. The Morgan fingerprint density at radius 2 is 1.45 bits per heavy atom. The van der Waals surface area contributed by atoms with Crippen LogP contribution in [0, 0.1) is 0 Å². The van der Waals surface area contributed by atoms with Crippen molar-refractivity contribution >= 4 is 28.4 Å². The summed E-state index contributed by atoms with van der Waals surface area (Å²) in [7, 11) is 0. The Morgan fingerprint density at radius 1 is 0.763 bits per heavy atom. The van der Waals surface area contributed by atoms with Gasteiger partial charge >= 0.3 is 0 Å². The highest BCUT2D eigenvalue weighted by molar-refractivity contribution is 5.95. The standard InChI is InChI=1S/C32H40N4O2/c1-25(37)36-21-11-5-3-2-4-10-20-35(24-27-13-7-9-15-31(27)36)28-18-22-34(23-19-28)32(38)30-17-16-26-12-6-8-14-29(26)33-30/h6-9,12-17,28H,2-5,10-11,18-24H2,1H3. The summed E-state index contributed by atoms with van der Waals surface area (Å²) in [6.45, 7) is 5.86. The molecular weight excluding hydrogens is 472 g/mol. The molecule has 0 aliphatic carbocycles. The number of para-hydroxylation sites is 2. The molecular formula is C32H40N4O2. The summed E-state index contributed by atoms with van der Waals surface area (Å²) in [5.41, 5.74) is 3.67. The largest absolute Gasteiger partial charge is 0.337 e. The predicted molar refractivity (Wildman–Crippen MR) is 153 cm³/mol. The zero-order chi connectivity index (χ0) is 26.3. The van der Waals surface area contributed by atoms with Crippen molar-refractivity contribution in [1.82, 2.24) is 14.8 Å². The molecule has 38 heavy (non-hydrogen) atoms. The number of amides is 2. The number of hydrogen-bond acceptors (Lipinski definition) is 4. The Hall–Kier alpha value is -3.25. The molecule has 0 N–H and O–H groups in total. The maximum absolute atomic E-state index is 13.3. The summed E-state index contributed by atoms with van der Waals surface area (Å²) >= 11 is 0. The first-order chi connectivity index (χ1) is 18.6. The van der Waals surface area contributed by atoms with Crippen LogP contribution in [-0.4, -0.2) is 58.8 Å². The molecule has 0 spiro atoms. The van der Waals surface area contributed by atoms with Crippen LogP contribution in [0.1, 0.15) is 74.3 Å². The van der Waals surface area contributed by atoms with Gasteiger partial charge in [-0.1, -0.05) is 68.1 Å². The number of carbonyl (C=O) groups excluding carboxylic acids is 2. The van der Waals surface area contributed by atoms with Gasteiger partial charge in [-0.05, 0) is 56.0 Å². The number of benzene rings is 2. The Labute approximate surface area is 226 Å². The first kappa shape index (κ1) is 26.4. The molecule has 5 rings (SSSR count). The van der Waals surface area contributed by atoms with Gasteiger partial charge in [-0.25, -0.2) is 4.98 Å². The van der Waals surface area contributed by atoms with Gasteiger partial charge in [0.25, 0.3) is 5.91 Å². The SMILES string of the molecule is CC(=O)N1CCCCCCCCN(C2CCN(C(=O)c3ccc4ccccc4n3)CC2)Cc2ccccc21. The number of piperidine rings is 1. The van der Waals surface area contributed by atoms with Crippen LogP contribution in [0.3, 0.4) is 0 Å². The molecule has 0 radical (unpaired) electrons. The van der Waals surface area contributed by atoms with E-state index in [9.17, 15) is 9.59 Å². The highest BCUT2D eigenvalue weighted by Gasteiger charge is 2.29. The van der Waals surface area contributed by atoms with E-state index in [2.05, 4.69) is 28.1 Å². The third-order valence-electron chi connectivity index (χ3n) is 8.20. The molecule has 3 aromatic rings. The molecule has 200 valence electrons. The smallest absolute Gasteiger partial charge is 0.272 e. The van der Waals surface area contributed by atoms with Crippen LogP contribution in [0.25, 0.3) is 10.9 Å². The van der Waals surface area contributed by atoms with Crippen LogP contribution in [0.2, 0.25) is 0 Å². The summed E-state index contributed by atoms with van der Waals surface area (Å²) in [6, 6.07) is 20.6. The van der Waals surface area contributed by atoms with E-state index >= 15 is 0 Å². The van der Waals surface area contributed by atoms with E-state index in [0.29, 0.717) is 11.7 Å². The molecule has 0 bridgehead atoms. The van der Waals surface area contributed by atoms with Gasteiger partial charge in [0.1, 0.15) is 5.69 Å². The van der Waals surface area contributed by atoms with Crippen molar-refractivity contribution in [2.24, 2.45) is 0 Å². The molecule has 2 aromatic carbocycles. The molecule has 0 saturated carbocycles. The first-order valence-corrected chi connectivity index (χ1v) is 14.4. The van der Waals surface area contributed by atoms with E-state index in [0.717, 1.165) is 68.6 Å². The lowest BCUT2D eigenvalue weighted by molar-refractivity contribution is -0.116. The van der Waals surface area contributed by atoms with Crippen molar-refractivity contribution in [2.45, 2.75) is 70.9 Å². The fraction of sp³-hybridized carbons (Fsp3) is 0.469. The lowest BCUT2D eigenvalue weighted by Crippen LogP contribution is -2.47. The van der Waals surface area contributed by atoms with Crippen LogP contribution < -0.4 is 4.90 Å². The lowest BCUT2D eigenvalue weighted by atomic mass is 10.0. The summed E-state index contributed by atoms with van der Waals surface area (Å²) in [4.78, 5) is 37.1. The van der Waals surface area contributed by atoms with Gasteiger partial charge in [0.15, 0.2) is 0 Å². The van der Waals surface area contributed by atoms with E-state index < -0.39 is 0 Å². The minimum atomic E-state index is 0.0293. The number of anilines is 1. The zero-order valence-electron chi connectivity index (χ0n) is 22.6. The van der Waals surface area contributed by atoms with Crippen molar-refractivity contribution in [3.63, 3.8) is 0 Å². The molecule has 0 atom stereocenters. The van der Waals surface area contributed by atoms with Crippen LogP contribution in [0.15, 0.2) is 60.7 Å². The van der Waals surface area contributed by atoms with Crippen molar-refractivity contribution in [1.29, 1.82) is 0 Å². The maximum Gasteiger partial charge on any atom is 0.272 e. The highest BCUT2D eigenvalue weighted by atomic mass is 16.2. The summed E-state index contributed by atoms with van der Waals surface area (Å²) in [6.07, 6.45) is 9.07. The summed E-state index contributed by atoms with van der Waals surface area (Å²) in [5, 5.41) is 1.05. The van der Waals surface area contributed by atoms with Gasteiger partial charge in [-0.2, -0.15) is 0 Å². The van der Waals surface area contributed by atoms with Gasteiger partial charge in [-0.3, -0.25) is 14.5 Å². The van der Waals surface area contributed by atoms with Crippen LogP contribution in [0.4, 0.5) is 5.69 Å². The highest BCUT2D eigenvalue weighted by Crippen LogP contribution is 2.27. The minimum absolute atomic E-state index is 0.0293. The number of fused-ring (bicyclic) bond motifs is 2. The molecule has 6 heteroatoms. The van der Waals surface area contributed by atoms with Gasteiger partial charge in [0, 0.05) is 50.2 Å². The number of nitrogens with zero attached hydrogens (tertiary/aromatic N) is 4. The van der Waals surface area contributed by atoms with E-state index in [1.165, 1.54) is 37.7 Å². The molecule has 1 aromatic heterocycles. The van der Waals surface area contributed by atoms with Crippen LogP contribution in [-0.2, 0) is 11.3 Å². The molecule has 2 aliphatic heterocycles. The Balaban J connectivity index is 1.29. The number of likely N-dealkylation sites (tertiary alicyclic amines) is 1. The van der Waals surface area contributed by atoms with Gasteiger partial charge in [-0.15, -0.1) is 0 Å². The molecule has 6 nitrogen and oxygen atoms in total. The Morgan fingerprint density at radius 3 is 2.24 bits per heavy atom. The van der Waals surface area contributed by atoms with E-state index in [-0.39, 0.29) is 11.8 Å². The van der Waals surface area contributed by atoms with Crippen molar-refractivity contribution in [2.75, 3.05) is 31.1 Å².